The Morgan fingerprint density at radius 3 is 2.38 bits per heavy atom. The van der Waals surface area contributed by atoms with Gasteiger partial charge in [-0.2, -0.15) is 4.98 Å². The summed E-state index contributed by atoms with van der Waals surface area (Å²) in [5, 5.41) is 3.99. The topological polar surface area (TPSA) is 80.9 Å². The first-order valence-electron chi connectivity index (χ1n) is 8.63. The number of amides is 1. The van der Waals surface area contributed by atoms with E-state index in [4.69, 9.17) is 14.0 Å². The number of nitrogens with zero attached hydrogens (tertiary/aromatic N) is 4. The van der Waals surface area contributed by atoms with Gasteiger partial charge in [-0.15, -0.1) is 0 Å². The largest absolute Gasteiger partial charge is 0.493 e. The number of benzene rings is 1. The summed E-state index contributed by atoms with van der Waals surface area (Å²) in [4.78, 5) is 21.0. The number of carbonyl (C=O) groups excluding carboxylic acids is 1. The maximum Gasteiger partial charge on any atom is 0.324 e. The second-order valence-corrected chi connectivity index (χ2v) is 6.44. The molecular weight excluding hydrogens is 336 g/mol. The Kier molecular flexibility index (Phi) is 5.29. The molecule has 140 valence electrons. The number of rotatable bonds is 5. The lowest BCUT2D eigenvalue weighted by atomic mass is 10.1. The van der Waals surface area contributed by atoms with Gasteiger partial charge >= 0.3 is 6.01 Å². The number of aromatic nitrogens is 2. The highest BCUT2D eigenvalue weighted by atomic mass is 16.5. The van der Waals surface area contributed by atoms with Gasteiger partial charge in [-0.25, -0.2) is 0 Å². The molecule has 8 heteroatoms. The Morgan fingerprint density at radius 2 is 1.81 bits per heavy atom. The molecule has 0 spiro atoms. The SMILES string of the molecule is COc1ccc(C(=O)N2CCN(c3nc(C(C)C)no3)CC2)cc1OC. The van der Waals surface area contributed by atoms with Crippen LogP contribution < -0.4 is 14.4 Å². The van der Waals surface area contributed by atoms with Crippen molar-refractivity contribution in [1.82, 2.24) is 15.0 Å². The molecule has 2 aromatic rings. The van der Waals surface area contributed by atoms with Crippen molar-refractivity contribution in [3.8, 4) is 11.5 Å². The molecule has 0 bridgehead atoms. The van der Waals surface area contributed by atoms with Crippen molar-refractivity contribution >= 4 is 11.9 Å². The molecule has 2 heterocycles. The minimum Gasteiger partial charge on any atom is -0.493 e. The summed E-state index contributed by atoms with van der Waals surface area (Å²) in [6, 6.07) is 5.73. The van der Waals surface area contributed by atoms with Crippen LogP contribution in [0.2, 0.25) is 0 Å². The molecule has 0 radical (unpaired) electrons. The van der Waals surface area contributed by atoms with E-state index in [2.05, 4.69) is 10.1 Å². The highest BCUT2D eigenvalue weighted by Gasteiger charge is 2.26. The smallest absolute Gasteiger partial charge is 0.324 e. The fourth-order valence-corrected chi connectivity index (χ4v) is 2.84. The summed E-state index contributed by atoms with van der Waals surface area (Å²) >= 11 is 0. The van der Waals surface area contributed by atoms with E-state index in [9.17, 15) is 4.79 Å². The van der Waals surface area contributed by atoms with Gasteiger partial charge in [0.25, 0.3) is 5.91 Å². The van der Waals surface area contributed by atoms with E-state index in [0.717, 1.165) is 0 Å². The highest BCUT2D eigenvalue weighted by molar-refractivity contribution is 5.95. The Balaban J connectivity index is 1.64. The van der Waals surface area contributed by atoms with E-state index < -0.39 is 0 Å². The van der Waals surface area contributed by atoms with Gasteiger partial charge in [0.2, 0.25) is 0 Å². The predicted molar refractivity (Wildman–Crippen MR) is 96.0 cm³/mol. The van der Waals surface area contributed by atoms with Gasteiger partial charge in [0.05, 0.1) is 14.2 Å². The summed E-state index contributed by atoms with van der Waals surface area (Å²) in [6.45, 7) is 6.53. The summed E-state index contributed by atoms with van der Waals surface area (Å²) in [6.07, 6.45) is 0. The van der Waals surface area contributed by atoms with Crippen molar-refractivity contribution in [2.24, 2.45) is 0 Å². The Hall–Kier alpha value is -2.77. The van der Waals surface area contributed by atoms with Crippen LogP contribution in [-0.4, -0.2) is 61.3 Å². The number of anilines is 1. The average Bonchev–Trinajstić information content (AvgIpc) is 3.17. The molecule has 0 N–H and O–H groups in total. The van der Waals surface area contributed by atoms with Crippen LogP contribution in [0.4, 0.5) is 6.01 Å². The van der Waals surface area contributed by atoms with Crippen molar-refractivity contribution in [3.63, 3.8) is 0 Å². The van der Waals surface area contributed by atoms with Crippen LogP contribution in [0.15, 0.2) is 22.7 Å². The van der Waals surface area contributed by atoms with E-state index in [1.165, 1.54) is 0 Å². The lowest BCUT2D eigenvalue weighted by Gasteiger charge is -2.33. The number of carbonyl (C=O) groups is 1. The molecule has 1 aliphatic rings. The number of hydrogen-bond donors (Lipinski definition) is 0. The average molecular weight is 360 g/mol. The quantitative estimate of drug-likeness (QED) is 0.808. The molecule has 0 atom stereocenters. The minimum absolute atomic E-state index is 0.0287. The van der Waals surface area contributed by atoms with Crippen molar-refractivity contribution in [3.05, 3.63) is 29.6 Å². The summed E-state index contributed by atoms with van der Waals surface area (Å²) in [5.41, 5.74) is 0.580. The van der Waals surface area contributed by atoms with Crippen molar-refractivity contribution in [1.29, 1.82) is 0 Å². The molecule has 1 fully saturated rings. The third-order valence-corrected chi connectivity index (χ3v) is 4.42. The van der Waals surface area contributed by atoms with Crippen molar-refractivity contribution in [2.45, 2.75) is 19.8 Å². The second kappa shape index (κ2) is 7.63. The molecule has 8 nitrogen and oxygen atoms in total. The lowest BCUT2D eigenvalue weighted by Crippen LogP contribution is -2.49. The van der Waals surface area contributed by atoms with Crippen molar-refractivity contribution in [2.75, 3.05) is 45.3 Å². The molecule has 0 unspecified atom stereocenters. The first kappa shape index (κ1) is 18.0. The van der Waals surface area contributed by atoms with Crippen LogP contribution in [0.1, 0.15) is 35.9 Å². The zero-order chi connectivity index (χ0) is 18.7. The number of hydrogen-bond acceptors (Lipinski definition) is 7. The van der Waals surface area contributed by atoms with Crippen LogP contribution in [0, 0.1) is 0 Å². The fraction of sp³-hybridized carbons (Fsp3) is 0.500. The zero-order valence-electron chi connectivity index (χ0n) is 15.6. The van der Waals surface area contributed by atoms with Gasteiger partial charge < -0.3 is 23.8 Å². The lowest BCUT2D eigenvalue weighted by molar-refractivity contribution is 0.0744. The third-order valence-electron chi connectivity index (χ3n) is 4.42. The van der Waals surface area contributed by atoms with Gasteiger partial charge in [0.15, 0.2) is 17.3 Å². The molecule has 26 heavy (non-hydrogen) atoms. The normalized spacial score (nSPS) is 14.7. The van der Waals surface area contributed by atoms with E-state index in [0.29, 0.717) is 55.1 Å². The molecule has 0 aliphatic carbocycles. The van der Waals surface area contributed by atoms with Crippen LogP contribution in [-0.2, 0) is 0 Å². The van der Waals surface area contributed by atoms with Crippen molar-refractivity contribution < 1.29 is 18.8 Å². The van der Waals surface area contributed by atoms with Gasteiger partial charge in [0, 0.05) is 37.7 Å². The van der Waals surface area contributed by atoms with Gasteiger partial charge in [-0.05, 0) is 18.2 Å². The van der Waals surface area contributed by atoms with Crippen LogP contribution in [0.5, 0.6) is 11.5 Å². The summed E-state index contributed by atoms with van der Waals surface area (Å²) < 4.78 is 15.8. The van der Waals surface area contributed by atoms with Crippen LogP contribution in [0.25, 0.3) is 0 Å². The first-order chi connectivity index (χ1) is 12.5. The van der Waals surface area contributed by atoms with E-state index in [1.54, 1.807) is 32.4 Å². The van der Waals surface area contributed by atoms with E-state index >= 15 is 0 Å². The minimum atomic E-state index is -0.0287. The zero-order valence-corrected chi connectivity index (χ0v) is 15.6. The van der Waals surface area contributed by atoms with E-state index in [-0.39, 0.29) is 11.8 Å². The molecule has 1 aromatic heterocycles. The second-order valence-electron chi connectivity index (χ2n) is 6.44. The highest BCUT2D eigenvalue weighted by Crippen LogP contribution is 2.28. The molecule has 1 saturated heterocycles. The molecule has 1 amide bonds. The van der Waals surface area contributed by atoms with Gasteiger partial charge in [-0.1, -0.05) is 19.0 Å². The van der Waals surface area contributed by atoms with Crippen LogP contribution in [0.3, 0.4) is 0 Å². The molecule has 1 aromatic carbocycles. The molecule has 0 saturated carbocycles. The van der Waals surface area contributed by atoms with E-state index in [1.807, 2.05) is 23.6 Å². The summed E-state index contributed by atoms with van der Waals surface area (Å²) in [7, 11) is 3.13. The monoisotopic (exact) mass is 360 g/mol. The van der Waals surface area contributed by atoms with Crippen LogP contribution >= 0.6 is 0 Å². The van der Waals surface area contributed by atoms with Gasteiger partial charge in [0.1, 0.15) is 0 Å². The Labute approximate surface area is 152 Å². The molecule has 3 rings (SSSR count). The third kappa shape index (κ3) is 3.58. The number of ether oxygens (including phenoxy) is 2. The number of piperazine rings is 1. The van der Waals surface area contributed by atoms with Gasteiger partial charge in [-0.3, -0.25) is 4.79 Å². The molecular formula is C18H24N4O4. The fourth-order valence-electron chi connectivity index (χ4n) is 2.84. The maximum atomic E-state index is 12.8. The Bertz CT molecular complexity index is 766. The standard InChI is InChI=1S/C18H24N4O4/c1-12(2)16-19-18(26-20-16)22-9-7-21(8-10-22)17(23)13-5-6-14(24-3)15(11-13)25-4/h5-6,11-12H,7-10H2,1-4H3. The molecule has 1 aliphatic heterocycles. The first-order valence-corrected chi connectivity index (χ1v) is 8.63. The number of methoxy groups -OCH3 is 2. The Morgan fingerprint density at radius 1 is 1.12 bits per heavy atom. The summed E-state index contributed by atoms with van der Waals surface area (Å²) in [5.74, 6) is 2.04. The maximum absolute atomic E-state index is 12.8. The predicted octanol–water partition coefficient (Wildman–Crippen LogP) is 2.17.